The molecule has 0 aliphatic heterocycles. The summed E-state index contributed by atoms with van der Waals surface area (Å²) in [6, 6.07) is 3.75. The molecule has 7 nitrogen and oxygen atoms in total. The lowest BCUT2D eigenvalue weighted by Gasteiger charge is -2.05. The van der Waals surface area contributed by atoms with Crippen molar-refractivity contribution in [1.29, 1.82) is 0 Å². The fourth-order valence-corrected chi connectivity index (χ4v) is 2.56. The largest absolute Gasteiger partial charge is 0.385 e. The molecule has 22 heavy (non-hydrogen) atoms. The second-order valence-electron chi connectivity index (χ2n) is 4.59. The third-order valence-corrected chi connectivity index (χ3v) is 3.97. The van der Waals surface area contributed by atoms with Gasteiger partial charge in [-0.2, -0.15) is 0 Å². The third-order valence-electron chi connectivity index (χ3n) is 2.95. The van der Waals surface area contributed by atoms with Crippen molar-refractivity contribution in [2.45, 2.75) is 11.6 Å². The molecule has 0 unspecified atom stereocenters. The van der Waals surface area contributed by atoms with Crippen LogP contribution in [0.15, 0.2) is 29.7 Å². The maximum absolute atomic E-state index is 11.7. The number of methoxy groups -OCH3 is 1. The van der Waals surface area contributed by atoms with Crippen molar-refractivity contribution in [2.75, 3.05) is 26.0 Å². The van der Waals surface area contributed by atoms with Crippen LogP contribution in [-0.4, -0.2) is 51.7 Å². The van der Waals surface area contributed by atoms with E-state index < -0.39 is 0 Å². The summed E-state index contributed by atoms with van der Waals surface area (Å²) in [6.45, 7) is 1.26. The quantitative estimate of drug-likeness (QED) is 0.579. The minimum Gasteiger partial charge on any atom is -0.385 e. The van der Waals surface area contributed by atoms with E-state index in [-0.39, 0.29) is 5.91 Å². The highest BCUT2D eigenvalue weighted by Crippen LogP contribution is 2.21. The first-order valence-electron chi connectivity index (χ1n) is 6.90. The molecule has 2 heterocycles. The van der Waals surface area contributed by atoms with E-state index in [1.165, 1.54) is 11.8 Å². The Labute approximate surface area is 133 Å². The van der Waals surface area contributed by atoms with Gasteiger partial charge in [-0.15, -0.1) is 10.2 Å². The number of carbonyl (C=O) groups is 1. The Hall–Kier alpha value is -1.93. The molecule has 0 fully saturated rings. The molecule has 0 aromatic carbocycles. The molecule has 2 aromatic heterocycles. The van der Waals surface area contributed by atoms with Crippen LogP contribution in [0.4, 0.5) is 0 Å². The van der Waals surface area contributed by atoms with Gasteiger partial charge in [0.25, 0.3) is 0 Å². The number of amides is 1. The van der Waals surface area contributed by atoms with E-state index in [1.54, 1.807) is 19.5 Å². The number of ether oxygens (including phenoxy) is 1. The smallest absolute Gasteiger partial charge is 0.230 e. The first kappa shape index (κ1) is 16.4. The summed E-state index contributed by atoms with van der Waals surface area (Å²) >= 11 is 1.36. The van der Waals surface area contributed by atoms with Gasteiger partial charge in [0.1, 0.15) is 0 Å². The van der Waals surface area contributed by atoms with Crippen LogP contribution in [0.3, 0.4) is 0 Å². The lowest BCUT2D eigenvalue weighted by molar-refractivity contribution is -0.118. The van der Waals surface area contributed by atoms with Gasteiger partial charge in [-0.25, -0.2) is 0 Å². The number of rotatable bonds is 8. The van der Waals surface area contributed by atoms with Crippen molar-refractivity contribution >= 4 is 17.7 Å². The van der Waals surface area contributed by atoms with Gasteiger partial charge in [0, 0.05) is 45.3 Å². The number of hydrogen-bond acceptors (Lipinski definition) is 6. The maximum atomic E-state index is 11.7. The van der Waals surface area contributed by atoms with Crippen LogP contribution in [0.25, 0.3) is 11.4 Å². The zero-order valence-electron chi connectivity index (χ0n) is 12.7. The van der Waals surface area contributed by atoms with Crippen LogP contribution in [0.2, 0.25) is 0 Å². The predicted octanol–water partition coefficient (Wildman–Crippen LogP) is 1.12. The van der Waals surface area contributed by atoms with Crippen LogP contribution in [0.5, 0.6) is 0 Å². The fraction of sp³-hybridized carbons (Fsp3) is 0.429. The Morgan fingerprint density at radius 2 is 2.14 bits per heavy atom. The van der Waals surface area contributed by atoms with Gasteiger partial charge in [0.05, 0.1) is 5.75 Å². The molecule has 0 bridgehead atoms. The minimum atomic E-state index is -0.0189. The first-order chi connectivity index (χ1) is 10.7. The van der Waals surface area contributed by atoms with Gasteiger partial charge in [0.2, 0.25) is 5.91 Å². The Morgan fingerprint density at radius 3 is 2.86 bits per heavy atom. The lowest BCUT2D eigenvalue weighted by Crippen LogP contribution is -2.26. The summed E-state index contributed by atoms with van der Waals surface area (Å²) in [6.07, 6.45) is 4.23. The van der Waals surface area contributed by atoms with Gasteiger partial charge in [-0.3, -0.25) is 9.78 Å². The molecule has 0 saturated carbocycles. The number of nitrogens with one attached hydrogen (secondary N) is 1. The number of carbonyl (C=O) groups excluding carboxylic acids is 1. The first-order valence-corrected chi connectivity index (χ1v) is 7.89. The third kappa shape index (κ3) is 4.54. The van der Waals surface area contributed by atoms with Gasteiger partial charge in [-0.1, -0.05) is 11.8 Å². The predicted molar refractivity (Wildman–Crippen MR) is 84.5 cm³/mol. The zero-order chi connectivity index (χ0) is 15.8. The van der Waals surface area contributed by atoms with Crippen LogP contribution in [-0.2, 0) is 16.6 Å². The van der Waals surface area contributed by atoms with E-state index in [0.29, 0.717) is 24.1 Å². The SMILES string of the molecule is COCCCNC(=O)CSc1nnc(-c2ccncc2)n1C. The number of nitrogens with zero attached hydrogens (tertiary/aromatic N) is 4. The van der Waals surface area contributed by atoms with Crippen molar-refractivity contribution in [1.82, 2.24) is 25.1 Å². The molecule has 1 N–H and O–H groups in total. The van der Waals surface area contributed by atoms with E-state index in [0.717, 1.165) is 17.8 Å². The van der Waals surface area contributed by atoms with Crippen LogP contribution in [0.1, 0.15) is 6.42 Å². The van der Waals surface area contributed by atoms with Gasteiger partial charge >= 0.3 is 0 Å². The molecule has 1 amide bonds. The van der Waals surface area contributed by atoms with Crippen molar-refractivity contribution in [3.05, 3.63) is 24.5 Å². The number of hydrogen-bond donors (Lipinski definition) is 1. The average molecular weight is 321 g/mol. The summed E-state index contributed by atoms with van der Waals surface area (Å²) in [5, 5.41) is 11.8. The zero-order valence-corrected chi connectivity index (χ0v) is 13.5. The second-order valence-corrected chi connectivity index (χ2v) is 5.53. The Kier molecular flexibility index (Phi) is 6.35. The molecule has 0 aliphatic rings. The van der Waals surface area contributed by atoms with E-state index in [4.69, 9.17) is 4.74 Å². The molecule has 8 heteroatoms. The highest BCUT2D eigenvalue weighted by molar-refractivity contribution is 7.99. The number of thioether (sulfide) groups is 1. The highest BCUT2D eigenvalue weighted by Gasteiger charge is 2.12. The lowest BCUT2D eigenvalue weighted by atomic mass is 10.2. The minimum absolute atomic E-state index is 0.0189. The fourth-order valence-electron chi connectivity index (χ4n) is 1.82. The van der Waals surface area contributed by atoms with Crippen LogP contribution < -0.4 is 5.32 Å². The molecule has 0 atom stereocenters. The number of aromatic nitrogens is 4. The summed E-state index contributed by atoms with van der Waals surface area (Å²) < 4.78 is 6.80. The molecule has 0 aliphatic carbocycles. The van der Waals surface area contributed by atoms with Crippen molar-refractivity contribution in [3.63, 3.8) is 0 Å². The molecule has 0 radical (unpaired) electrons. The van der Waals surface area contributed by atoms with Gasteiger partial charge in [0.15, 0.2) is 11.0 Å². The van der Waals surface area contributed by atoms with E-state index in [1.807, 2.05) is 23.7 Å². The Bertz CT molecular complexity index is 603. The normalized spacial score (nSPS) is 10.6. The molecule has 2 aromatic rings. The standard InChI is InChI=1S/C14H19N5O2S/c1-19-13(11-4-7-15-8-5-11)17-18-14(19)22-10-12(20)16-6-3-9-21-2/h4-5,7-8H,3,6,9-10H2,1-2H3,(H,16,20). The van der Waals surface area contributed by atoms with E-state index in [9.17, 15) is 4.79 Å². The van der Waals surface area contributed by atoms with Crippen LogP contribution in [0, 0.1) is 0 Å². The molecule has 0 spiro atoms. The Morgan fingerprint density at radius 1 is 1.36 bits per heavy atom. The van der Waals surface area contributed by atoms with Crippen LogP contribution >= 0.6 is 11.8 Å². The average Bonchev–Trinajstić information content (AvgIpc) is 2.91. The maximum Gasteiger partial charge on any atom is 0.230 e. The topological polar surface area (TPSA) is 81.9 Å². The second kappa shape index (κ2) is 8.50. The monoisotopic (exact) mass is 321 g/mol. The number of pyridine rings is 1. The van der Waals surface area contributed by atoms with E-state index >= 15 is 0 Å². The molecule has 0 saturated heterocycles. The molecular weight excluding hydrogens is 302 g/mol. The molecule has 2 rings (SSSR count). The van der Waals surface area contributed by atoms with Crippen molar-refractivity contribution in [3.8, 4) is 11.4 Å². The highest BCUT2D eigenvalue weighted by atomic mass is 32.2. The van der Waals surface area contributed by atoms with Crippen molar-refractivity contribution < 1.29 is 9.53 Å². The van der Waals surface area contributed by atoms with E-state index in [2.05, 4.69) is 20.5 Å². The molecule has 118 valence electrons. The summed E-state index contributed by atoms with van der Waals surface area (Å²) in [5.74, 6) is 1.05. The summed E-state index contributed by atoms with van der Waals surface area (Å²) in [4.78, 5) is 15.7. The molecular formula is C14H19N5O2S. The summed E-state index contributed by atoms with van der Waals surface area (Å²) in [5.41, 5.74) is 0.945. The van der Waals surface area contributed by atoms with Gasteiger partial charge in [-0.05, 0) is 18.6 Å². The summed E-state index contributed by atoms with van der Waals surface area (Å²) in [7, 11) is 3.53. The van der Waals surface area contributed by atoms with Crippen molar-refractivity contribution in [2.24, 2.45) is 7.05 Å². The Balaban J connectivity index is 1.87. The van der Waals surface area contributed by atoms with Gasteiger partial charge < -0.3 is 14.6 Å².